The molecule has 1 aromatic carbocycles. The second kappa shape index (κ2) is 4.66. The summed E-state index contributed by atoms with van der Waals surface area (Å²) in [6.07, 6.45) is 1.53. The average Bonchev–Trinajstić information content (AvgIpc) is 2.32. The summed E-state index contributed by atoms with van der Waals surface area (Å²) in [5.41, 5.74) is 14.1. The highest BCUT2D eigenvalue weighted by Crippen LogP contribution is 2.29. The third kappa shape index (κ3) is 2.28. The van der Waals surface area contributed by atoms with E-state index in [9.17, 15) is 4.79 Å². The minimum absolute atomic E-state index is 0.307. The Bertz CT molecular complexity index is 608. The maximum atomic E-state index is 11.3. The molecule has 92 valence electrons. The fraction of sp³-hybridized carbons (Fsp3) is 0.0769. The molecule has 0 radical (unpaired) electrons. The lowest BCUT2D eigenvalue weighted by Crippen LogP contribution is -2.14. The Morgan fingerprint density at radius 1 is 1.33 bits per heavy atom. The van der Waals surface area contributed by atoms with E-state index in [4.69, 9.17) is 23.1 Å². The first kappa shape index (κ1) is 12.4. The van der Waals surface area contributed by atoms with Gasteiger partial charge in [0.2, 0.25) is 0 Å². The summed E-state index contributed by atoms with van der Waals surface area (Å²) in [5, 5.41) is 0.542. The number of anilines is 1. The molecule has 5 heteroatoms. The predicted molar refractivity (Wildman–Crippen MR) is 72.4 cm³/mol. The summed E-state index contributed by atoms with van der Waals surface area (Å²) in [7, 11) is 0. The number of amides is 1. The molecule has 0 spiro atoms. The number of primary amides is 1. The maximum absolute atomic E-state index is 11.3. The number of nitrogens with zero attached hydrogens (tertiary/aromatic N) is 1. The number of aromatic nitrogens is 1. The highest BCUT2D eigenvalue weighted by atomic mass is 35.5. The smallest absolute Gasteiger partial charge is 0.250 e. The quantitative estimate of drug-likeness (QED) is 0.815. The van der Waals surface area contributed by atoms with Crippen LogP contribution in [0.4, 0.5) is 5.69 Å². The van der Waals surface area contributed by atoms with Gasteiger partial charge >= 0.3 is 0 Å². The fourth-order valence-electron chi connectivity index (χ4n) is 1.75. The lowest BCUT2D eigenvalue weighted by Gasteiger charge is -2.10. The van der Waals surface area contributed by atoms with Crippen LogP contribution in [0.1, 0.15) is 15.9 Å². The Morgan fingerprint density at radius 3 is 2.61 bits per heavy atom. The SMILES string of the molecule is Cc1cc(C(N)=O)c(N)c(-c2ccc(Cl)cn2)c1. The number of rotatable bonds is 2. The molecular formula is C13H12ClN3O. The lowest BCUT2D eigenvalue weighted by atomic mass is 10.0. The van der Waals surface area contributed by atoms with Crippen LogP contribution in [-0.2, 0) is 0 Å². The second-order valence-electron chi connectivity index (χ2n) is 4.00. The number of aryl methyl sites for hydroxylation is 1. The second-order valence-corrected chi connectivity index (χ2v) is 4.44. The molecule has 0 atom stereocenters. The van der Waals surface area contributed by atoms with Crippen LogP contribution in [-0.4, -0.2) is 10.9 Å². The van der Waals surface area contributed by atoms with Gasteiger partial charge < -0.3 is 11.5 Å². The lowest BCUT2D eigenvalue weighted by molar-refractivity contribution is 0.100. The van der Waals surface area contributed by atoms with E-state index in [1.54, 1.807) is 18.2 Å². The average molecular weight is 262 g/mol. The molecule has 1 aromatic heterocycles. The van der Waals surface area contributed by atoms with Crippen molar-refractivity contribution in [3.8, 4) is 11.3 Å². The number of nitrogen functional groups attached to an aromatic ring is 1. The predicted octanol–water partition coefficient (Wildman–Crippen LogP) is 2.39. The molecule has 0 saturated carbocycles. The van der Waals surface area contributed by atoms with Gasteiger partial charge in [-0.05, 0) is 36.8 Å². The van der Waals surface area contributed by atoms with Gasteiger partial charge in [0.1, 0.15) is 0 Å². The van der Waals surface area contributed by atoms with Crippen LogP contribution >= 0.6 is 11.6 Å². The standard InChI is InChI=1S/C13H12ClN3O/c1-7-4-9(11-3-2-8(14)6-17-11)12(15)10(5-7)13(16)18/h2-6H,15H2,1H3,(H2,16,18). The van der Waals surface area contributed by atoms with Crippen molar-refractivity contribution in [3.63, 3.8) is 0 Å². The van der Waals surface area contributed by atoms with Crippen LogP contribution in [0, 0.1) is 6.92 Å². The number of nitrogens with two attached hydrogens (primary N) is 2. The van der Waals surface area contributed by atoms with Gasteiger partial charge in [0, 0.05) is 11.8 Å². The van der Waals surface area contributed by atoms with Gasteiger partial charge in [-0.15, -0.1) is 0 Å². The maximum Gasteiger partial charge on any atom is 0.250 e. The number of hydrogen-bond donors (Lipinski definition) is 2. The van der Waals surface area contributed by atoms with Gasteiger partial charge in [0.15, 0.2) is 0 Å². The summed E-state index contributed by atoms with van der Waals surface area (Å²) in [6, 6.07) is 6.99. The number of pyridine rings is 1. The molecule has 0 bridgehead atoms. The zero-order valence-electron chi connectivity index (χ0n) is 9.77. The van der Waals surface area contributed by atoms with Crippen molar-refractivity contribution < 1.29 is 4.79 Å². The molecule has 0 aliphatic carbocycles. The van der Waals surface area contributed by atoms with Crippen molar-refractivity contribution in [2.45, 2.75) is 6.92 Å². The zero-order valence-corrected chi connectivity index (χ0v) is 10.5. The molecule has 0 aliphatic heterocycles. The molecule has 4 N–H and O–H groups in total. The van der Waals surface area contributed by atoms with E-state index in [2.05, 4.69) is 4.98 Å². The van der Waals surface area contributed by atoms with E-state index >= 15 is 0 Å². The van der Waals surface area contributed by atoms with E-state index in [1.165, 1.54) is 6.20 Å². The highest BCUT2D eigenvalue weighted by Gasteiger charge is 2.13. The summed E-state index contributed by atoms with van der Waals surface area (Å²) >= 11 is 5.78. The molecule has 18 heavy (non-hydrogen) atoms. The van der Waals surface area contributed by atoms with Crippen LogP contribution < -0.4 is 11.5 Å². The summed E-state index contributed by atoms with van der Waals surface area (Å²) in [6.45, 7) is 1.87. The number of hydrogen-bond acceptors (Lipinski definition) is 3. The summed E-state index contributed by atoms with van der Waals surface area (Å²) in [5.74, 6) is -0.550. The molecule has 2 rings (SSSR count). The van der Waals surface area contributed by atoms with Crippen molar-refractivity contribution in [1.82, 2.24) is 4.98 Å². The number of carbonyl (C=O) groups excluding carboxylic acids is 1. The van der Waals surface area contributed by atoms with Crippen molar-refractivity contribution in [1.29, 1.82) is 0 Å². The molecule has 4 nitrogen and oxygen atoms in total. The normalized spacial score (nSPS) is 10.3. The Hall–Kier alpha value is -2.07. The molecule has 0 fully saturated rings. The molecule has 1 heterocycles. The Balaban J connectivity index is 2.64. The summed E-state index contributed by atoms with van der Waals surface area (Å²) < 4.78 is 0. The van der Waals surface area contributed by atoms with Crippen molar-refractivity contribution >= 4 is 23.2 Å². The van der Waals surface area contributed by atoms with Gasteiger partial charge in [-0.3, -0.25) is 9.78 Å². The largest absolute Gasteiger partial charge is 0.398 e. The minimum atomic E-state index is -0.550. The van der Waals surface area contributed by atoms with E-state index in [0.717, 1.165) is 5.56 Å². The molecule has 0 unspecified atom stereocenters. The fourth-order valence-corrected chi connectivity index (χ4v) is 1.86. The minimum Gasteiger partial charge on any atom is -0.398 e. The molecule has 2 aromatic rings. The summed E-state index contributed by atoms with van der Waals surface area (Å²) in [4.78, 5) is 15.5. The van der Waals surface area contributed by atoms with Crippen LogP contribution in [0.2, 0.25) is 5.02 Å². The van der Waals surface area contributed by atoms with Crippen molar-refractivity contribution in [2.24, 2.45) is 5.73 Å². The Labute approximate surface area is 110 Å². The first-order chi connectivity index (χ1) is 8.49. The first-order valence-electron chi connectivity index (χ1n) is 5.31. The van der Waals surface area contributed by atoms with E-state index in [0.29, 0.717) is 27.5 Å². The number of halogens is 1. The Kier molecular flexibility index (Phi) is 3.21. The topological polar surface area (TPSA) is 82.0 Å². The number of benzene rings is 1. The van der Waals surface area contributed by atoms with E-state index < -0.39 is 5.91 Å². The molecular weight excluding hydrogens is 250 g/mol. The molecule has 1 amide bonds. The van der Waals surface area contributed by atoms with E-state index in [1.807, 2.05) is 13.0 Å². The van der Waals surface area contributed by atoms with Crippen LogP contribution in [0.5, 0.6) is 0 Å². The monoisotopic (exact) mass is 261 g/mol. The van der Waals surface area contributed by atoms with Gasteiger partial charge in [-0.1, -0.05) is 11.6 Å². The number of carbonyl (C=O) groups is 1. The van der Waals surface area contributed by atoms with Gasteiger partial charge in [-0.25, -0.2) is 0 Å². The van der Waals surface area contributed by atoms with Gasteiger partial charge in [0.05, 0.1) is 22.0 Å². The molecule has 0 saturated heterocycles. The van der Waals surface area contributed by atoms with Crippen molar-refractivity contribution in [2.75, 3.05) is 5.73 Å². The first-order valence-corrected chi connectivity index (χ1v) is 5.68. The third-order valence-electron chi connectivity index (χ3n) is 2.59. The van der Waals surface area contributed by atoms with E-state index in [-0.39, 0.29) is 0 Å². The molecule has 0 aliphatic rings. The third-order valence-corrected chi connectivity index (χ3v) is 2.82. The Morgan fingerprint density at radius 2 is 2.06 bits per heavy atom. The van der Waals surface area contributed by atoms with Crippen LogP contribution in [0.3, 0.4) is 0 Å². The van der Waals surface area contributed by atoms with Crippen LogP contribution in [0.25, 0.3) is 11.3 Å². The van der Waals surface area contributed by atoms with Gasteiger partial charge in [-0.2, -0.15) is 0 Å². The highest BCUT2D eigenvalue weighted by molar-refractivity contribution is 6.30. The van der Waals surface area contributed by atoms with Crippen molar-refractivity contribution in [3.05, 3.63) is 46.6 Å². The zero-order chi connectivity index (χ0) is 13.3. The van der Waals surface area contributed by atoms with Crippen LogP contribution in [0.15, 0.2) is 30.5 Å². The van der Waals surface area contributed by atoms with Gasteiger partial charge in [0.25, 0.3) is 5.91 Å².